The van der Waals surface area contributed by atoms with Crippen molar-refractivity contribution in [2.24, 2.45) is 0 Å². The van der Waals surface area contributed by atoms with Crippen LogP contribution in [0.25, 0.3) is 0 Å². The normalized spacial score (nSPS) is 12.7. The third-order valence-electron chi connectivity index (χ3n) is 3.55. The highest BCUT2D eigenvalue weighted by atomic mass is 31.2. The lowest BCUT2D eigenvalue weighted by molar-refractivity contribution is 0.242. The second-order valence-corrected chi connectivity index (χ2v) is 7.36. The Hall–Kier alpha value is -0.120. The van der Waals surface area contributed by atoms with Crippen LogP contribution in [0.4, 0.5) is 0 Å². The molecule has 1 unspecified atom stereocenters. The number of aryl methyl sites for hydroxylation is 1. The molecule has 0 spiro atoms. The molecule has 132 valence electrons. The second-order valence-electron chi connectivity index (χ2n) is 5.47. The highest BCUT2D eigenvalue weighted by molar-refractivity contribution is 7.54. The van der Waals surface area contributed by atoms with Gasteiger partial charge in [0.15, 0.2) is 0 Å². The molecule has 0 aliphatic carbocycles. The van der Waals surface area contributed by atoms with Gasteiger partial charge in [-0.15, -0.1) is 0 Å². The van der Waals surface area contributed by atoms with Crippen LogP contribution in [0.2, 0.25) is 0 Å². The number of unbranched alkanes of at least 4 members (excludes halogenated alkanes) is 7. The lowest BCUT2D eigenvalue weighted by Crippen LogP contribution is -1.91. The lowest BCUT2D eigenvalue weighted by atomic mass is 10.0. The highest BCUT2D eigenvalue weighted by Crippen LogP contribution is 2.46. The molecule has 0 bridgehead atoms. The molecule has 1 atom stereocenters. The van der Waals surface area contributed by atoms with Gasteiger partial charge in [-0.2, -0.15) is 0 Å². The molecule has 0 radical (unpaired) electrons. The van der Waals surface area contributed by atoms with Crippen LogP contribution in [0.15, 0.2) is 30.3 Å². The molecule has 23 heavy (non-hydrogen) atoms. The van der Waals surface area contributed by atoms with Crippen molar-refractivity contribution in [2.45, 2.75) is 57.8 Å². The van der Waals surface area contributed by atoms with Crippen LogP contribution in [0.5, 0.6) is 0 Å². The van der Waals surface area contributed by atoms with E-state index in [9.17, 15) is 0 Å². The standard InChI is InChI=1S/C16H28O5P2/c17-22(18)21-23(19)20-15-11-6-4-2-1-3-5-8-12-16-13-9-7-10-14-16/h7,9-10,13-14,17-19H,1-6,8,11-12,15H2. The van der Waals surface area contributed by atoms with Crippen LogP contribution in [0.1, 0.15) is 56.9 Å². The van der Waals surface area contributed by atoms with E-state index in [2.05, 4.69) is 34.6 Å². The molecule has 5 nitrogen and oxygen atoms in total. The van der Waals surface area contributed by atoms with Crippen LogP contribution < -0.4 is 0 Å². The summed E-state index contributed by atoms with van der Waals surface area (Å²) in [5.41, 5.74) is 1.43. The fraction of sp³-hybridized carbons (Fsp3) is 0.625. The van der Waals surface area contributed by atoms with Gasteiger partial charge in [0.05, 0.1) is 6.61 Å². The Balaban J connectivity index is 1.80. The summed E-state index contributed by atoms with van der Waals surface area (Å²) in [4.78, 5) is 26.2. The van der Waals surface area contributed by atoms with Crippen molar-refractivity contribution in [1.29, 1.82) is 0 Å². The first kappa shape index (κ1) is 20.9. The molecule has 7 heteroatoms. The second kappa shape index (κ2) is 14.2. The van der Waals surface area contributed by atoms with Crippen molar-refractivity contribution >= 4 is 17.2 Å². The van der Waals surface area contributed by atoms with Crippen LogP contribution >= 0.6 is 17.2 Å². The quantitative estimate of drug-likeness (QED) is 0.327. The fourth-order valence-corrected chi connectivity index (χ4v) is 3.34. The number of benzene rings is 1. The Morgan fingerprint density at radius 2 is 1.30 bits per heavy atom. The van der Waals surface area contributed by atoms with Crippen LogP contribution in [-0.4, -0.2) is 21.3 Å². The number of hydrogen-bond donors (Lipinski definition) is 3. The molecule has 1 aromatic carbocycles. The topological polar surface area (TPSA) is 79.2 Å². The smallest absolute Gasteiger partial charge is 0.328 e. The third-order valence-corrected chi connectivity index (χ3v) is 5.09. The lowest BCUT2D eigenvalue weighted by Gasteiger charge is -2.10. The first-order valence-electron chi connectivity index (χ1n) is 8.20. The molecule has 3 N–H and O–H groups in total. The maximum absolute atomic E-state index is 9.14. The van der Waals surface area contributed by atoms with Gasteiger partial charge in [0, 0.05) is 0 Å². The number of rotatable bonds is 14. The Morgan fingerprint density at radius 3 is 1.91 bits per heavy atom. The summed E-state index contributed by atoms with van der Waals surface area (Å²) >= 11 is 0. The van der Waals surface area contributed by atoms with Crippen molar-refractivity contribution in [3.8, 4) is 0 Å². The average Bonchev–Trinajstić information content (AvgIpc) is 2.53. The van der Waals surface area contributed by atoms with Gasteiger partial charge in [-0.1, -0.05) is 68.9 Å². The highest BCUT2D eigenvalue weighted by Gasteiger charge is 2.12. The zero-order valence-electron chi connectivity index (χ0n) is 13.5. The van der Waals surface area contributed by atoms with E-state index in [1.165, 1.54) is 50.5 Å². The SMILES string of the molecule is OP(O)OP(O)OCCCCCCCCCCc1ccccc1. The van der Waals surface area contributed by atoms with Gasteiger partial charge in [0.1, 0.15) is 0 Å². The van der Waals surface area contributed by atoms with Crippen molar-refractivity contribution in [3.63, 3.8) is 0 Å². The van der Waals surface area contributed by atoms with Crippen LogP contribution in [0, 0.1) is 0 Å². The summed E-state index contributed by atoms with van der Waals surface area (Å²) in [5, 5.41) is 0. The molecule has 1 rings (SSSR count). The van der Waals surface area contributed by atoms with E-state index in [4.69, 9.17) is 19.2 Å². The molecule has 0 heterocycles. The molecule has 0 aliphatic rings. The van der Waals surface area contributed by atoms with Crippen molar-refractivity contribution in [1.82, 2.24) is 0 Å². The summed E-state index contributed by atoms with van der Waals surface area (Å²) < 4.78 is 9.29. The van der Waals surface area contributed by atoms with Gasteiger partial charge in [0.2, 0.25) is 0 Å². The fourth-order valence-electron chi connectivity index (χ4n) is 2.37. The minimum atomic E-state index is -2.54. The predicted octanol–water partition coefficient (Wildman–Crippen LogP) is 4.81. The van der Waals surface area contributed by atoms with Crippen molar-refractivity contribution in [2.75, 3.05) is 6.61 Å². The van der Waals surface area contributed by atoms with Gasteiger partial charge in [0.25, 0.3) is 0 Å². The van der Waals surface area contributed by atoms with E-state index < -0.39 is 17.2 Å². The van der Waals surface area contributed by atoms with E-state index in [1.807, 2.05) is 0 Å². The first-order chi connectivity index (χ1) is 11.2. The Bertz CT molecular complexity index is 378. The molecule has 0 aromatic heterocycles. The Labute approximate surface area is 141 Å². The average molecular weight is 362 g/mol. The van der Waals surface area contributed by atoms with E-state index in [1.54, 1.807) is 0 Å². The van der Waals surface area contributed by atoms with Crippen LogP contribution in [0.3, 0.4) is 0 Å². The van der Waals surface area contributed by atoms with E-state index in [0.29, 0.717) is 6.61 Å². The summed E-state index contributed by atoms with van der Waals surface area (Å²) in [6.45, 7) is 0.391. The van der Waals surface area contributed by atoms with E-state index in [0.717, 1.165) is 12.8 Å². The van der Waals surface area contributed by atoms with Crippen molar-refractivity contribution in [3.05, 3.63) is 35.9 Å². The molecule has 0 saturated heterocycles. The predicted molar refractivity (Wildman–Crippen MR) is 94.6 cm³/mol. The van der Waals surface area contributed by atoms with Gasteiger partial charge in [-0.3, -0.25) is 0 Å². The summed E-state index contributed by atoms with van der Waals surface area (Å²) in [5.74, 6) is 0. The van der Waals surface area contributed by atoms with Gasteiger partial charge < -0.3 is 19.2 Å². The monoisotopic (exact) mass is 362 g/mol. The largest absolute Gasteiger partial charge is 0.337 e. The molecule has 0 fully saturated rings. The van der Waals surface area contributed by atoms with Gasteiger partial charge >= 0.3 is 17.2 Å². The molecule has 0 aliphatic heterocycles. The van der Waals surface area contributed by atoms with E-state index in [-0.39, 0.29) is 0 Å². The summed E-state index contributed by atoms with van der Waals surface area (Å²) in [7, 11) is -4.68. The summed E-state index contributed by atoms with van der Waals surface area (Å²) in [6.07, 6.45) is 10.6. The molecular formula is C16H28O5P2. The third kappa shape index (κ3) is 12.9. The maximum Gasteiger partial charge on any atom is 0.337 e. The zero-order valence-corrected chi connectivity index (χ0v) is 15.3. The van der Waals surface area contributed by atoms with Gasteiger partial charge in [-0.05, 0) is 24.8 Å². The maximum atomic E-state index is 9.14. The summed E-state index contributed by atoms with van der Waals surface area (Å²) in [6, 6.07) is 10.6. The molecule has 1 aromatic rings. The minimum Gasteiger partial charge on any atom is -0.328 e. The number of hydrogen-bond acceptors (Lipinski definition) is 5. The minimum absolute atomic E-state index is 0.391. The molecular weight excluding hydrogens is 334 g/mol. The van der Waals surface area contributed by atoms with Crippen LogP contribution in [-0.2, 0) is 15.3 Å². The molecule has 0 amide bonds. The first-order valence-corrected chi connectivity index (χ1v) is 10.5. The van der Waals surface area contributed by atoms with E-state index >= 15 is 0 Å². The Morgan fingerprint density at radius 1 is 0.739 bits per heavy atom. The molecule has 0 saturated carbocycles. The van der Waals surface area contributed by atoms with Crippen molar-refractivity contribution < 1.29 is 23.5 Å². The Kier molecular flexibility index (Phi) is 13.0. The van der Waals surface area contributed by atoms with Gasteiger partial charge in [-0.25, -0.2) is 4.31 Å². The zero-order chi connectivity index (χ0) is 16.8.